The molecule has 1 aliphatic heterocycles. The smallest absolute Gasteiger partial charge is 0.261 e. The second-order valence-corrected chi connectivity index (χ2v) is 7.92. The lowest BCUT2D eigenvalue weighted by Crippen LogP contribution is -2.21. The molecule has 0 radical (unpaired) electrons. The van der Waals surface area contributed by atoms with E-state index >= 15 is 0 Å². The summed E-state index contributed by atoms with van der Waals surface area (Å²) < 4.78 is 7.21. The lowest BCUT2D eigenvalue weighted by atomic mass is 10.1. The predicted molar refractivity (Wildman–Crippen MR) is 113 cm³/mol. The number of aryl methyl sites for hydroxylation is 1. The Morgan fingerprint density at radius 3 is 2.93 bits per heavy atom. The Hall–Kier alpha value is -3.15. The van der Waals surface area contributed by atoms with Crippen LogP contribution in [-0.2, 0) is 24.2 Å². The Labute approximate surface area is 169 Å². The molecule has 0 fully saturated rings. The predicted octanol–water partition coefficient (Wildman–Crippen LogP) is 3.56. The molecule has 6 nitrogen and oxygen atoms in total. The Morgan fingerprint density at radius 1 is 1.24 bits per heavy atom. The lowest BCUT2D eigenvalue weighted by molar-refractivity contribution is -0.115. The minimum absolute atomic E-state index is 0.0810. The number of rotatable bonds is 6. The molecule has 6 heteroatoms. The van der Waals surface area contributed by atoms with Crippen molar-refractivity contribution in [2.24, 2.45) is 5.92 Å². The van der Waals surface area contributed by atoms with Gasteiger partial charge < -0.3 is 10.1 Å². The molecule has 1 N–H and O–H groups in total. The van der Waals surface area contributed by atoms with Gasteiger partial charge in [-0.25, -0.2) is 4.98 Å². The summed E-state index contributed by atoms with van der Waals surface area (Å²) in [6.07, 6.45) is 3.68. The average Bonchev–Trinajstić information content (AvgIpc) is 3.15. The quantitative estimate of drug-likeness (QED) is 0.697. The summed E-state index contributed by atoms with van der Waals surface area (Å²) in [4.78, 5) is 29.6. The van der Waals surface area contributed by atoms with E-state index in [9.17, 15) is 9.59 Å². The molecular formula is C23H25N3O3. The number of carbonyl (C=O) groups excluding carboxylic acids is 1. The number of hydrogen-bond acceptors (Lipinski definition) is 4. The van der Waals surface area contributed by atoms with Gasteiger partial charge in [-0.15, -0.1) is 0 Å². The fourth-order valence-corrected chi connectivity index (χ4v) is 3.50. The van der Waals surface area contributed by atoms with E-state index in [0.717, 1.165) is 24.2 Å². The van der Waals surface area contributed by atoms with Crippen LogP contribution < -0.4 is 15.6 Å². The van der Waals surface area contributed by atoms with Crippen molar-refractivity contribution in [1.29, 1.82) is 0 Å². The summed E-state index contributed by atoms with van der Waals surface area (Å²) in [7, 11) is 0. The van der Waals surface area contributed by atoms with Crippen LogP contribution in [0.3, 0.4) is 0 Å². The van der Waals surface area contributed by atoms with Crippen LogP contribution >= 0.6 is 0 Å². The molecule has 0 bridgehead atoms. The van der Waals surface area contributed by atoms with E-state index in [0.29, 0.717) is 35.7 Å². The maximum Gasteiger partial charge on any atom is 0.261 e. The summed E-state index contributed by atoms with van der Waals surface area (Å²) in [5.74, 6) is 1.24. The van der Waals surface area contributed by atoms with Gasteiger partial charge in [0, 0.05) is 18.7 Å². The van der Waals surface area contributed by atoms with E-state index in [4.69, 9.17) is 4.74 Å². The number of aromatic nitrogens is 2. The number of ether oxygens (including phenoxy) is 1. The lowest BCUT2D eigenvalue weighted by Gasteiger charge is -2.10. The number of hydrogen-bond donors (Lipinski definition) is 1. The minimum atomic E-state index is -0.133. The Bertz CT molecular complexity index is 1120. The first-order valence-electron chi connectivity index (χ1n) is 10.0. The van der Waals surface area contributed by atoms with Crippen molar-refractivity contribution in [3.63, 3.8) is 0 Å². The van der Waals surface area contributed by atoms with Gasteiger partial charge in [0.25, 0.3) is 5.56 Å². The third-order valence-electron chi connectivity index (χ3n) is 5.18. The molecule has 2 aromatic carbocycles. The van der Waals surface area contributed by atoms with Crippen molar-refractivity contribution in [2.45, 2.75) is 39.7 Å². The summed E-state index contributed by atoms with van der Waals surface area (Å²) >= 11 is 0. The molecule has 4 rings (SSSR count). The van der Waals surface area contributed by atoms with E-state index in [1.165, 1.54) is 5.56 Å². The van der Waals surface area contributed by atoms with Crippen molar-refractivity contribution in [2.75, 3.05) is 11.9 Å². The number of nitrogens with one attached hydrogen (secondary N) is 1. The van der Waals surface area contributed by atoms with E-state index in [2.05, 4.69) is 24.1 Å². The molecule has 0 unspecified atom stereocenters. The third-order valence-corrected chi connectivity index (χ3v) is 5.18. The first-order valence-corrected chi connectivity index (χ1v) is 10.0. The Morgan fingerprint density at radius 2 is 2.10 bits per heavy atom. The highest BCUT2D eigenvalue weighted by molar-refractivity contribution is 5.94. The van der Waals surface area contributed by atoms with Crippen LogP contribution in [0.4, 0.5) is 5.69 Å². The van der Waals surface area contributed by atoms with Crippen molar-refractivity contribution >= 4 is 22.5 Å². The van der Waals surface area contributed by atoms with Gasteiger partial charge in [-0.3, -0.25) is 14.2 Å². The molecular weight excluding hydrogens is 366 g/mol. The number of fused-ring (bicyclic) bond motifs is 2. The van der Waals surface area contributed by atoms with Crippen LogP contribution in [0.2, 0.25) is 0 Å². The van der Waals surface area contributed by atoms with Crippen LogP contribution in [0.5, 0.6) is 5.75 Å². The van der Waals surface area contributed by atoms with Crippen molar-refractivity contribution in [3.8, 4) is 5.75 Å². The monoisotopic (exact) mass is 391 g/mol. The first kappa shape index (κ1) is 19.2. The summed E-state index contributed by atoms with van der Waals surface area (Å²) in [6.45, 7) is 5.59. The molecule has 1 amide bonds. The van der Waals surface area contributed by atoms with Crippen LogP contribution in [0.25, 0.3) is 10.9 Å². The van der Waals surface area contributed by atoms with Gasteiger partial charge >= 0.3 is 0 Å². The number of nitrogens with zero attached hydrogens (tertiary/aromatic N) is 2. The van der Waals surface area contributed by atoms with Crippen LogP contribution in [0, 0.1) is 5.92 Å². The second kappa shape index (κ2) is 8.07. The minimum Gasteiger partial charge on any atom is -0.493 e. The molecule has 150 valence electrons. The Balaban J connectivity index is 1.50. The maximum absolute atomic E-state index is 12.8. The number of amides is 1. The molecule has 3 aromatic rings. The van der Waals surface area contributed by atoms with Gasteiger partial charge in [0.1, 0.15) is 5.75 Å². The first-order chi connectivity index (χ1) is 14.0. The van der Waals surface area contributed by atoms with E-state index in [1.807, 2.05) is 18.2 Å². The van der Waals surface area contributed by atoms with Crippen LogP contribution in [-0.4, -0.2) is 22.1 Å². The standard InChI is InChI=1S/C23H25N3O3/c1-15(2)7-9-26-14-24-20-6-5-18(13-19(20)23(26)28)25-22(27)12-16-3-4-17-8-10-29-21(17)11-16/h3-6,11,13-15H,7-10,12H2,1-2H3,(H,25,27). The van der Waals surface area contributed by atoms with E-state index in [1.54, 1.807) is 29.1 Å². The van der Waals surface area contributed by atoms with Crippen molar-refractivity contribution < 1.29 is 9.53 Å². The largest absolute Gasteiger partial charge is 0.493 e. The Kier molecular flexibility index (Phi) is 5.34. The van der Waals surface area contributed by atoms with Gasteiger partial charge in [0.05, 0.1) is 30.3 Å². The molecule has 1 aromatic heterocycles. The van der Waals surface area contributed by atoms with Gasteiger partial charge in [-0.05, 0) is 47.7 Å². The molecule has 0 saturated heterocycles. The van der Waals surface area contributed by atoms with Gasteiger partial charge in [-0.2, -0.15) is 0 Å². The van der Waals surface area contributed by atoms with Crippen molar-refractivity contribution in [3.05, 3.63) is 64.2 Å². The SMILES string of the molecule is CC(C)CCn1cnc2ccc(NC(=O)Cc3ccc4c(c3)OCC4)cc2c1=O. The van der Waals surface area contributed by atoms with Crippen LogP contribution in [0.15, 0.2) is 47.5 Å². The highest BCUT2D eigenvalue weighted by Crippen LogP contribution is 2.26. The number of anilines is 1. The fourth-order valence-electron chi connectivity index (χ4n) is 3.50. The molecule has 1 aliphatic rings. The van der Waals surface area contributed by atoms with Crippen LogP contribution in [0.1, 0.15) is 31.4 Å². The second-order valence-electron chi connectivity index (χ2n) is 7.92. The summed E-state index contributed by atoms with van der Waals surface area (Å²) in [6, 6.07) is 11.2. The molecule has 0 saturated carbocycles. The summed E-state index contributed by atoms with van der Waals surface area (Å²) in [5, 5.41) is 3.41. The van der Waals surface area contributed by atoms with Crippen molar-refractivity contribution in [1.82, 2.24) is 9.55 Å². The van der Waals surface area contributed by atoms with Gasteiger partial charge in [-0.1, -0.05) is 26.0 Å². The average molecular weight is 391 g/mol. The summed E-state index contributed by atoms with van der Waals surface area (Å²) in [5.41, 5.74) is 3.24. The molecule has 2 heterocycles. The van der Waals surface area contributed by atoms with Gasteiger partial charge in [0.15, 0.2) is 0 Å². The zero-order chi connectivity index (χ0) is 20.4. The van der Waals surface area contributed by atoms with E-state index in [-0.39, 0.29) is 17.9 Å². The highest BCUT2D eigenvalue weighted by Gasteiger charge is 2.14. The highest BCUT2D eigenvalue weighted by atomic mass is 16.5. The zero-order valence-corrected chi connectivity index (χ0v) is 16.8. The zero-order valence-electron chi connectivity index (χ0n) is 16.8. The normalized spacial score (nSPS) is 12.8. The topological polar surface area (TPSA) is 73.2 Å². The molecule has 0 aliphatic carbocycles. The van der Waals surface area contributed by atoms with Gasteiger partial charge in [0.2, 0.25) is 5.91 Å². The molecule has 0 spiro atoms. The van der Waals surface area contributed by atoms with E-state index < -0.39 is 0 Å². The number of benzene rings is 2. The third kappa shape index (κ3) is 4.31. The molecule has 0 atom stereocenters. The molecule has 29 heavy (non-hydrogen) atoms. The maximum atomic E-state index is 12.8. The number of carbonyl (C=O) groups is 1. The fraction of sp³-hybridized carbons (Fsp3) is 0.348.